The van der Waals surface area contributed by atoms with Gasteiger partial charge < -0.3 is 4.98 Å². The fraction of sp³-hybridized carbons (Fsp3) is 0.167. The van der Waals surface area contributed by atoms with E-state index in [0.29, 0.717) is 33.7 Å². The molecule has 0 amide bonds. The molecule has 9 nitrogen and oxygen atoms in total. The highest BCUT2D eigenvalue weighted by atomic mass is 16.1. The summed E-state index contributed by atoms with van der Waals surface area (Å²) in [4.78, 5) is 15.7. The van der Waals surface area contributed by atoms with Gasteiger partial charge in [0.15, 0.2) is 17.2 Å². The van der Waals surface area contributed by atoms with Gasteiger partial charge in [0.25, 0.3) is 5.56 Å². The molecule has 0 bridgehead atoms. The van der Waals surface area contributed by atoms with Gasteiger partial charge in [0.1, 0.15) is 11.6 Å². The van der Waals surface area contributed by atoms with Crippen LogP contribution >= 0.6 is 0 Å². The SMILES string of the molecule is CC(C)(C)c1nn2c([nH]c(=O)c3ccccc32)c1N=Nc1c(C#N)cnn1-c1ccccc1. The Labute approximate surface area is 188 Å². The second-order valence-corrected chi connectivity index (χ2v) is 8.62. The van der Waals surface area contributed by atoms with E-state index in [4.69, 9.17) is 5.10 Å². The number of azo groups is 1. The van der Waals surface area contributed by atoms with Crippen molar-refractivity contribution in [2.45, 2.75) is 26.2 Å². The van der Waals surface area contributed by atoms with Crippen molar-refractivity contribution < 1.29 is 0 Å². The second-order valence-electron chi connectivity index (χ2n) is 8.62. The molecular formula is C24H20N8O. The number of nitriles is 1. The van der Waals surface area contributed by atoms with E-state index in [2.05, 4.69) is 26.4 Å². The number of benzene rings is 2. The minimum atomic E-state index is -0.379. The Hall–Kier alpha value is -4.58. The summed E-state index contributed by atoms with van der Waals surface area (Å²) in [6, 6.07) is 18.8. The Bertz CT molecular complexity index is 1630. The molecule has 0 saturated heterocycles. The van der Waals surface area contributed by atoms with E-state index < -0.39 is 0 Å². The Morgan fingerprint density at radius 1 is 1.03 bits per heavy atom. The van der Waals surface area contributed by atoms with Crippen LogP contribution in [0.2, 0.25) is 0 Å². The summed E-state index contributed by atoms with van der Waals surface area (Å²) in [5.41, 5.74) is 2.65. The van der Waals surface area contributed by atoms with Crippen LogP contribution in [-0.2, 0) is 5.41 Å². The molecule has 0 aliphatic rings. The van der Waals surface area contributed by atoms with Gasteiger partial charge in [-0.05, 0) is 24.3 Å². The number of nitrogens with one attached hydrogen (secondary N) is 1. The van der Waals surface area contributed by atoms with Crippen molar-refractivity contribution in [2.24, 2.45) is 10.2 Å². The van der Waals surface area contributed by atoms with Gasteiger partial charge in [-0.15, -0.1) is 10.2 Å². The predicted molar refractivity (Wildman–Crippen MR) is 124 cm³/mol. The third-order valence-corrected chi connectivity index (χ3v) is 5.29. The number of hydrogen-bond donors (Lipinski definition) is 1. The van der Waals surface area contributed by atoms with Crippen LogP contribution in [0.4, 0.5) is 11.5 Å². The molecule has 0 unspecified atom stereocenters. The largest absolute Gasteiger partial charge is 0.304 e. The Kier molecular flexibility index (Phi) is 4.64. The molecule has 5 rings (SSSR count). The molecule has 162 valence electrons. The van der Waals surface area contributed by atoms with Crippen LogP contribution < -0.4 is 5.56 Å². The lowest BCUT2D eigenvalue weighted by Crippen LogP contribution is -2.12. The molecule has 3 heterocycles. The average Bonchev–Trinajstić information content (AvgIpc) is 3.39. The zero-order valence-electron chi connectivity index (χ0n) is 18.3. The fourth-order valence-electron chi connectivity index (χ4n) is 3.69. The monoisotopic (exact) mass is 436 g/mol. The molecule has 2 aromatic carbocycles. The van der Waals surface area contributed by atoms with Crippen molar-refractivity contribution in [1.82, 2.24) is 24.4 Å². The topological polar surface area (TPSA) is 116 Å². The first-order valence-corrected chi connectivity index (χ1v) is 10.4. The van der Waals surface area contributed by atoms with E-state index in [1.807, 2.05) is 69.3 Å². The number of aromatic nitrogens is 5. The second kappa shape index (κ2) is 7.53. The first-order valence-electron chi connectivity index (χ1n) is 10.4. The van der Waals surface area contributed by atoms with Crippen LogP contribution in [0.25, 0.3) is 22.2 Å². The molecule has 0 spiro atoms. The fourth-order valence-corrected chi connectivity index (χ4v) is 3.69. The van der Waals surface area contributed by atoms with E-state index in [1.165, 1.54) is 6.20 Å². The van der Waals surface area contributed by atoms with Crippen molar-refractivity contribution in [1.29, 1.82) is 5.26 Å². The molecule has 33 heavy (non-hydrogen) atoms. The highest BCUT2D eigenvalue weighted by Crippen LogP contribution is 2.36. The highest BCUT2D eigenvalue weighted by Gasteiger charge is 2.26. The van der Waals surface area contributed by atoms with Crippen molar-refractivity contribution in [3.8, 4) is 11.8 Å². The minimum Gasteiger partial charge on any atom is -0.304 e. The van der Waals surface area contributed by atoms with Gasteiger partial charge >= 0.3 is 0 Å². The maximum Gasteiger partial charge on any atom is 0.259 e. The van der Waals surface area contributed by atoms with Crippen LogP contribution in [0.5, 0.6) is 0 Å². The van der Waals surface area contributed by atoms with Crippen molar-refractivity contribution >= 4 is 28.1 Å². The number of aromatic amines is 1. The highest BCUT2D eigenvalue weighted by molar-refractivity contribution is 5.83. The number of para-hydroxylation sites is 2. The summed E-state index contributed by atoms with van der Waals surface area (Å²) >= 11 is 0. The van der Waals surface area contributed by atoms with Crippen molar-refractivity contribution in [2.75, 3.05) is 0 Å². The molecule has 1 N–H and O–H groups in total. The summed E-state index contributed by atoms with van der Waals surface area (Å²) in [6.45, 7) is 6.05. The van der Waals surface area contributed by atoms with Crippen molar-refractivity contribution in [3.63, 3.8) is 0 Å². The number of nitrogens with zero attached hydrogens (tertiary/aromatic N) is 7. The number of H-pyrrole nitrogens is 1. The molecular weight excluding hydrogens is 416 g/mol. The molecule has 9 heteroatoms. The number of rotatable bonds is 3. The van der Waals surface area contributed by atoms with Crippen LogP contribution in [0.15, 0.2) is 75.8 Å². The first-order chi connectivity index (χ1) is 15.9. The maximum atomic E-state index is 12.8. The summed E-state index contributed by atoms with van der Waals surface area (Å²) < 4.78 is 3.24. The van der Waals surface area contributed by atoms with Crippen LogP contribution in [0.1, 0.15) is 32.0 Å². The van der Waals surface area contributed by atoms with E-state index >= 15 is 0 Å². The first kappa shape index (κ1) is 20.3. The lowest BCUT2D eigenvalue weighted by molar-refractivity contribution is 0.564. The average molecular weight is 436 g/mol. The smallest absolute Gasteiger partial charge is 0.259 e. The Balaban J connectivity index is 1.76. The zero-order chi connectivity index (χ0) is 23.2. The molecule has 0 aliphatic carbocycles. The van der Waals surface area contributed by atoms with Gasteiger partial charge in [-0.25, -0.2) is 9.20 Å². The molecule has 0 radical (unpaired) electrons. The number of hydrogen-bond acceptors (Lipinski definition) is 6. The standard InChI is InChI=1S/C24H20N8O/c1-24(2,3)20-19(22-27-23(33)17-11-7-8-12-18(17)32(22)30-20)28-29-21-15(13-25)14-26-31(21)16-9-5-4-6-10-16/h4-12,14H,1-3H3,(H,27,33). The third-order valence-electron chi connectivity index (χ3n) is 5.29. The lowest BCUT2D eigenvalue weighted by atomic mass is 9.91. The molecule has 3 aromatic heterocycles. The quantitative estimate of drug-likeness (QED) is 0.403. The third kappa shape index (κ3) is 3.38. The van der Waals surface area contributed by atoms with Gasteiger partial charge in [-0.3, -0.25) is 4.79 Å². The van der Waals surface area contributed by atoms with Gasteiger partial charge in [0, 0.05) is 5.41 Å². The Morgan fingerprint density at radius 3 is 2.48 bits per heavy atom. The summed E-state index contributed by atoms with van der Waals surface area (Å²) in [5.74, 6) is 0.297. The minimum absolute atomic E-state index is 0.234. The van der Waals surface area contributed by atoms with Gasteiger partial charge in [0.05, 0.1) is 28.5 Å². The summed E-state index contributed by atoms with van der Waals surface area (Å²) in [7, 11) is 0. The summed E-state index contributed by atoms with van der Waals surface area (Å²) in [5, 5.41) is 28.1. The van der Waals surface area contributed by atoms with Crippen LogP contribution in [0, 0.1) is 11.3 Å². The number of fused-ring (bicyclic) bond motifs is 3. The van der Waals surface area contributed by atoms with E-state index in [-0.39, 0.29) is 16.5 Å². The lowest BCUT2D eigenvalue weighted by Gasteiger charge is -2.15. The van der Waals surface area contributed by atoms with E-state index in [9.17, 15) is 10.1 Å². The Morgan fingerprint density at radius 2 is 1.76 bits per heavy atom. The van der Waals surface area contributed by atoms with Gasteiger partial charge in [0.2, 0.25) is 0 Å². The summed E-state index contributed by atoms with van der Waals surface area (Å²) in [6.07, 6.45) is 1.46. The van der Waals surface area contributed by atoms with Crippen LogP contribution in [-0.4, -0.2) is 24.4 Å². The van der Waals surface area contributed by atoms with E-state index in [0.717, 1.165) is 5.69 Å². The molecule has 0 fully saturated rings. The predicted octanol–water partition coefficient (Wildman–Crippen LogP) is 4.95. The van der Waals surface area contributed by atoms with Gasteiger partial charge in [-0.1, -0.05) is 51.1 Å². The van der Waals surface area contributed by atoms with Crippen LogP contribution in [0.3, 0.4) is 0 Å². The molecule has 0 aliphatic heterocycles. The maximum absolute atomic E-state index is 12.8. The van der Waals surface area contributed by atoms with E-state index in [1.54, 1.807) is 15.3 Å². The molecule has 0 atom stereocenters. The van der Waals surface area contributed by atoms with Crippen molar-refractivity contribution in [3.05, 3.63) is 82.4 Å². The normalized spacial score (nSPS) is 12.1. The van der Waals surface area contributed by atoms with Gasteiger partial charge in [-0.2, -0.15) is 15.5 Å². The molecule has 0 saturated carbocycles. The molecule has 5 aromatic rings. The zero-order valence-corrected chi connectivity index (χ0v) is 18.3.